The van der Waals surface area contributed by atoms with E-state index in [1.807, 2.05) is 12.1 Å². The highest BCUT2D eigenvalue weighted by atomic mass is 16.7. The largest absolute Gasteiger partial charge is 0.454 e. The molecule has 0 spiro atoms. The number of hydrogen-bond donors (Lipinski definition) is 1. The Hall–Kier alpha value is -1.22. The van der Waals surface area contributed by atoms with Gasteiger partial charge < -0.3 is 15.2 Å². The molecule has 86 valence electrons. The van der Waals surface area contributed by atoms with E-state index in [9.17, 15) is 0 Å². The Morgan fingerprint density at radius 3 is 2.50 bits per heavy atom. The minimum absolute atomic E-state index is 0.176. The van der Waals surface area contributed by atoms with Gasteiger partial charge in [0.05, 0.1) is 0 Å². The molecule has 3 nitrogen and oxygen atoms in total. The fraction of sp³-hybridized carbons (Fsp3) is 0.538. The molecule has 2 aliphatic rings. The summed E-state index contributed by atoms with van der Waals surface area (Å²) in [6.45, 7) is 4.83. The molecular formula is C13H17NO2. The summed E-state index contributed by atoms with van der Waals surface area (Å²) in [6.07, 6.45) is 2.05. The van der Waals surface area contributed by atoms with Gasteiger partial charge in [0.1, 0.15) is 0 Å². The fourth-order valence-corrected chi connectivity index (χ4v) is 3.07. The molecule has 2 N–H and O–H groups in total. The molecule has 3 heteroatoms. The standard InChI is InChI=1S/C13H17NO2/c1-12(2)6-13(14,7-12)9-3-4-10-11(5-9)16-8-15-10/h3-5H,6-8,14H2,1-2H3. The third kappa shape index (κ3) is 1.39. The number of rotatable bonds is 1. The molecule has 0 atom stereocenters. The number of nitrogens with two attached hydrogens (primary N) is 1. The molecule has 1 aromatic carbocycles. The first-order valence-electron chi connectivity index (χ1n) is 5.68. The Bertz CT molecular complexity index is 432. The summed E-state index contributed by atoms with van der Waals surface area (Å²) < 4.78 is 10.7. The lowest BCUT2D eigenvalue weighted by Gasteiger charge is -2.51. The van der Waals surface area contributed by atoms with Crippen molar-refractivity contribution in [3.05, 3.63) is 23.8 Å². The average molecular weight is 219 g/mol. The van der Waals surface area contributed by atoms with Crippen LogP contribution in [0.4, 0.5) is 0 Å². The predicted molar refractivity (Wildman–Crippen MR) is 61.4 cm³/mol. The highest BCUT2D eigenvalue weighted by Crippen LogP contribution is 2.52. The van der Waals surface area contributed by atoms with E-state index in [2.05, 4.69) is 19.9 Å². The maximum absolute atomic E-state index is 6.40. The number of fused-ring (bicyclic) bond motifs is 1. The van der Waals surface area contributed by atoms with Gasteiger partial charge in [0.15, 0.2) is 11.5 Å². The van der Waals surface area contributed by atoms with Crippen molar-refractivity contribution in [2.45, 2.75) is 32.2 Å². The fourth-order valence-electron chi connectivity index (χ4n) is 3.07. The van der Waals surface area contributed by atoms with Gasteiger partial charge in [-0.3, -0.25) is 0 Å². The Kier molecular flexibility index (Phi) is 1.82. The van der Waals surface area contributed by atoms with E-state index >= 15 is 0 Å². The molecule has 3 rings (SSSR count). The van der Waals surface area contributed by atoms with Gasteiger partial charge in [-0.25, -0.2) is 0 Å². The zero-order chi connectivity index (χ0) is 11.4. The van der Waals surface area contributed by atoms with Gasteiger partial charge in [0.25, 0.3) is 0 Å². The minimum atomic E-state index is -0.176. The van der Waals surface area contributed by atoms with Crippen LogP contribution in [0.25, 0.3) is 0 Å². The van der Waals surface area contributed by atoms with Gasteiger partial charge in [-0.1, -0.05) is 19.9 Å². The van der Waals surface area contributed by atoms with Gasteiger partial charge in [0.2, 0.25) is 6.79 Å². The number of ether oxygens (including phenoxy) is 2. The summed E-state index contributed by atoms with van der Waals surface area (Å²) in [4.78, 5) is 0. The van der Waals surface area contributed by atoms with Crippen LogP contribution in [0.2, 0.25) is 0 Å². The lowest BCUT2D eigenvalue weighted by Crippen LogP contribution is -2.53. The van der Waals surface area contributed by atoms with Crippen molar-refractivity contribution in [3.63, 3.8) is 0 Å². The quantitative estimate of drug-likeness (QED) is 0.788. The van der Waals surface area contributed by atoms with E-state index in [1.165, 1.54) is 0 Å². The Labute approximate surface area is 95.5 Å². The first-order valence-corrected chi connectivity index (χ1v) is 5.68. The molecule has 0 saturated heterocycles. The second-order valence-electron chi connectivity index (χ2n) is 5.74. The van der Waals surface area contributed by atoms with E-state index in [4.69, 9.17) is 15.2 Å². The van der Waals surface area contributed by atoms with Crippen LogP contribution in [-0.4, -0.2) is 6.79 Å². The van der Waals surface area contributed by atoms with Crippen LogP contribution in [0.1, 0.15) is 32.3 Å². The van der Waals surface area contributed by atoms with Crippen LogP contribution >= 0.6 is 0 Å². The molecule has 0 unspecified atom stereocenters. The molecule has 0 bridgehead atoms. The number of hydrogen-bond acceptors (Lipinski definition) is 3. The first kappa shape index (κ1) is 9.97. The van der Waals surface area contributed by atoms with Crippen molar-refractivity contribution < 1.29 is 9.47 Å². The van der Waals surface area contributed by atoms with E-state index < -0.39 is 0 Å². The second-order valence-corrected chi connectivity index (χ2v) is 5.74. The molecular weight excluding hydrogens is 202 g/mol. The normalized spacial score (nSPS) is 23.9. The summed E-state index contributed by atoms with van der Waals surface area (Å²) in [5.74, 6) is 1.65. The summed E-state index contributed by atoms with van der Waals surface area (Å²) in [5, 5.41) is 0. The molecule has 1 aliphatic carbocycles. The Morgan fingerprint density at radius 2 is 1.81 bits per heavy atom. The molecule has 16 heavy (non-hydrogen) atoms. The smallest absolute Gasteiger partial charge is 0.231 e. The van der Waals surface area contributed by atoms with Crippen molar-refractivity contribution in [1.29, 1.82) is 0 Å². The van der Waals surface area contributed by atoms with E-state index in [0.717, 1.165) is 29.9 Å². The number of benzene rings is 1. The zero-order valence-electron chi connectivity index (χ0n) is 9.75. The van der Waals surface area contributed by atoms with Crippen LogP contribution < -0.4 is 15.2 Å². The van der Waals surface area contributed by atoms with Crippen molar-refractivity contribution in [2.24, 2.45) is 11.1 Å². The minimum Gasteiger partial charge on any atom is -0.454 e. The van der Waals surface area contributed by atoms with Crippen LogP contribution in [-0.2, 0) is 5.54 Å². The predicted octanol–water partition coefficient (Wildman–Crippen LogP) is 2.39. The van der Waals surface area contributed by atoms with Gasteiger partial charge in [-0.15, -0.1) is 0 Å². The van der Waals surface area contributed by atoms with Gasteiger partial charge in [-0.2, -0.15) is 0 Å². The maximum atomic E-state index is 6.40. The Morgan fingerprint density at radius 1 is 1.12 bits per heavy atom. The van der Waals surface area contributed by atoms with Crippen molar-refractivity contribution in [3.8, 4) is 11.5 Å². The molecule has 1 aromatic rings. The zero-order valence-corrected chi connectivity index (χ0v) is 9.75. The molecule has 1 heterocycles. The third-order valence-electron chi connectivity index (χ3n) is 3.54. The van der Waals surface area contributed by atoms with E-state index in [0.29, 0.717) is 12.2 Å². The van der Waals surface area contributed by atoms with Gasteiger partial charge in [-0.05, 0) is 36.0 Å². The van der Waals surface area contributed by atoms with Crippen LogP contribution in [0.5, 0.6) is 11.5 Å². The SMILES string of the molecule is CC1(C)CC(N)(c2ccc3c(c2)OCO3)C1. The molecule has 1 aliphatic heterocycles. The first-order chi connectivity index (χ1) is 7.49. The topological polar surface area (TPSA) is 44.5 Å². The molecule has 0 radical (unpaired) electrons. The third-order valence-corrected chi connectivity index (χ3v) is 3.54. The van der Waals surface area contributed by atoms with Crippen LogP contribution in [0.3, 0.4) is 0 Å². The highest BCUT2D eigenvalue weighted by Gasteiger charge is 2.47. The second kappa shape index (κ2) is 2.92. The van der Waals surface area contributed by atoms with Gasteiger partial charge in [0, 0.05) is 5.54 Å². The summed E-state index contributed by atoms with van der Waals surface area (Å²) in [7, 11) is 0. The van der Waals surface area contributed by atoms with Crippen LogP contribution in [0.15, 0.2) is 18.2 Å². The average Bonchev–Trinajstić information content (AvgIpc) is 2.60. The van der Waals surface area contributed by atoms with Gasteiger partial charge >= 0.3 is 0 Å². The molecule has 1 fully saturated rings. The lowest BCUT2D eigenvalue weighted by atomic mass is 9.57. The molecule has 0 amide bonds. The highest BCUT2D eigenvalue weighted by molar-refractivity contribution is 5.47. The van der Waals surface area contributed by atoms with Crippen molar-refractivity contribution in [2.75, 3.05) is 6.79 Å². The summed E-state index contributed by atoms with van der Waals surface area (Å²) in [6, 6.07) is 6.04. The van der Waals surface area contributed by atoms with Crippen molar-refractivity contribution in [1.82, 2.24) is 0 Å². The van der Waals surface area contributed by atoms with Crippen molar-refractivity contribution >= 4 is 0 Å². The lowest BCUT2D eigenvalue weighted by molar-refractivity contribution is 0.0617. The van der Waals surface area contributed by atoms with E-state index in [1.54, 1.807) is 0 Å². The van der Waals surface area contributed by atoms with E-state index in [-0.39, 0.29) is 5.54 Å². The molecule has 0 aromatic heterocycles. The Balaban J connectivity index is 1.91. The molecule has 1 saturated carbocycles. The maximum Gasteiger partial charge on any atom is 0.231 e. The summed E-state index contributed by atoms with van der Waals surface area (Å²) in [5.41, 5.74) is 7.75. The summed E-state index contributed by atoms with van der Waals surface area (Å²) >= 11 is 0. The monoisotopic (exact) mass is 219 g/mol. The van der Waals surface area contributed by atoms with Crippen LogP contribution in [0, 0.1) is 5.41 Å².